The normalized spacial score (nSPS) is 13.3. The molecule has 4 aromatic rings. The molecule has 0 aliphatic rings. The van der Waals surface area contributed by atoms with Crippen molar-refractivity contribution in [3.8, 4) is 5.75 Å². The van der Waals surface area contributed by atoms with Gasteiger partial charge in [0.1, 0.15) is 15.8 Å². The van der Waals surface area contributed by atoms with Gasteiger partial charge in [-0.1, -0.05) is 13.0 Å². The topological polar surface area (TPSA) is 75.5 Å². The van der Waals surface area contributed by atoms with Crippen LogP contribution in [0, 0.1) is 0 Å². The number of aryl methyl sites for hydroxylation is 1. The Balaban J connectivity index is 1.63. The standard InChI is InChI=1S/C22H18F2N2O3S2/c1-3-12-4-6-14-16(8-12)30-20(25-14)10-18(27)22(23,24)19(28)11-21-26-15-7-5-13(29-2)9-17(15)31-21/h4-11,27-28H,3H2,1-2H3/b18-10+,19-11-. The Hall–Kier alpha value is -3.04. The Bertz CT molecular complexity index is 1230. The zero-order valence-electron chi connectivity index (χ0n) is 16.6. The fraction of sp³-hybridized carbons (Fsp3) is 0.182. The minimum atomic E-state index is -3.98. The number of alkyl halides is 2. The maximum atomic E-state index is 14.6. The lowest BCUT2D eigenvalue weighted by Crippen LogP contribution is -2.22. The van der Waals surface area contributed by atoms with Crippen molar-refractivity contribution < 1.29 is 23.7 Å². The number of aliphatic hydroxyl groups is 2. The molecule has 9 heteroatoms. The van der Waals surface area contributed by atoms with Crippen LogP contribution in [0.4, 0.5) is 8.78 Å². The maximum Gasteiger partial charge on any atom is 0.359 e. The molecule has 0 aliphatic carbocycles. The second kappa shape index (κ2) is 8.24. The average molecular weight is 461 g/mol. The fourth-order valence-corrected chi connectivity index (χ4v) is 4.83. The Kier molecular flexibility index (Phi) is 5.63. The van der Waals surface area contributed by atoms with E-state index in [0.29, 0.717) is 16.8 Å². The Labute approximate surface area is 184 Å². The molecule has 2 aromatic heterocycles. The lowest BCUT2D eigenvalue weighted by atomic mass is 10.2. The number of halogens is 2. The second-order valence-corrected chi connectivity index (χ2v) is 8.85. The van der Waals surface area contributed by atoms with E-state index in [-0.39, 0.29) is 10.0 Å². The lowest BCUT2D eigenvalue weighted by molar-refractivity contribution is 0.00242. The van der Waals surface area contributed by atoms with Crippen LogP contribution in [0.2, 0.25) is 0 Å². The van der Waals surface area contributed by atoms with E-state index in [4.69, 9.17) is 4.74 Å². The van der Waals surface area contributed by atoms with Gasteiger partial charge in [-0.05, 0) is 42.3 Å². The van der Waals surface area contributed by atoms with Crippen molar-refractivity contribution in [3.05, 3.63) is 63.5 Å². The molecule has 0 fully saturated rings. The number of hydrogen-bond acceptors (Lipinski definition) is 7. The van der Waals surface area contributed by atoms with E-state index in [1.54, 1.807) is 18.2 Å². The van der Waals surface area contributed by atoms with Crippen LogP contribution in [0.5, 0.6) is 5.75 Å². The van der Waals surface area contributed by atoms with Gasteiger partial charge in [0.15, 0.2) is 11.5 Å². The highest BCUT2D eigenvalue weighted by Gasteiger charge is 2.40. The molecule has 0 saturated carbocycles. The number of aromatic nitrogens is 2. The minimum absolute atomic E-state index is 0.181. The predicted molar refractivity (Wildman–Crippen MR) is 121 cm³/mol. The van der Waals surface area contributed by atoms with E-state index in [9.17, 15) is 19.0 Å². The Morgan fingerprint density at radius 1 is 0.968 bits per heavy atom. The smallest absolute Gasteiger partial charge is 0.359 e. The highest BCUT2D eigenvalue weighted by molar-refractivity contribution is 7.19. The van der Waals surface area contributed by atoms with Crippen molar-refractivity contribution in [1.29, 1.82) is 0 Å². The highest BCUT2D eigenvalue weighted by atomic mass is 32.1. The number of hydrogen-bond donors (Lipinski definition) is 2. The number of fused-ring (bicyclic) bond motifs is 2. The van der Waals surface area contributed by atoms with E-state index >= 15 is 0 Å². The van der Waals surface area contributed by atoms with E-state index in [1.807, 2.05) is 25.1 Å². The molecule has 0 aliphatic heterocycles. The van der Waals surface area contributed by atoms with Crippen LogP contribution in [-0.4, -0.2) is 33.2 Å². The van der Waals surface area contributed by atoms with Crippen molar-refractivity contribution >= 4 is 55.3 Å². The number of benzene rings is 2. The molecule has 0 atom stereocenters. The van der Waals surface area contributed by atoms with Crippen LogP contribution in [0.15, 0.2) is 47.9 Å². The molecule has 0 spiro atoms. The van der Waals surface area contributed by atoms with Gasteiger partial charge in [0.2, 0.25) is 0 Å². The number of rotatable bonds is 6. The van der Waals surface area contributed by atoms with Gasteiger partial charge in [0.25, 0.3) is 0 Å². The van der Waals surface area contributed by atoms with Gasteiger partial charge in [-0.2, -0.15) is 8.78 Å². The van der Waals surface area contributed by atoms with Crippen LogP contribution in [0.1, 0.15) is 22.5 Å². The molecule has 5 nitrogen and oxygen atoms in total. The molecule has 2 aromatic carbocycles. The molecule has 0 radical (unpaired) electrons. The summed E-state index contributed by atoms with van der Waals surface area (Å²) in [6, 6.07) is 10.8. The summed E-state index contributed by atoms with van der Waals surface area (Å²) in [4.78, 5) is 8.47. The molecule has 2 N–H and O–H groups in total. The molecule has 0 bridgehead atoms. The number of ether oxygens (including phenoxy) is 1. The van der Waals surface area contributed by atoms with E-state index < -0.39 is 17.4 Å². The zero-order valence-corrected chi connectivity index (χ0v) is 18.2. The Morgan fingerprint density at radius 3 is 2.06 bits per heavy atom. The van der Waals surface area contributed by atoms with E-state index in [1.165, 1.54) is 18.4 Å². The van der Waals surface area contributed by atoms with Crippen molar-refractivity contribution in [1.82, 2.24) is 9.97 Å². The van der Waals surface area contributed by atoms with E-state index in [2.05, 4.69) is 9.97 Å². The fourth-order valence-electron chi connectivity index (χ4n) is 2.93. The van der Waals surface area contributed by atoms with E-state index in [0.717, 1.165) is 44.9 Å². The molecule has 2 heterocycles. The monoisotopic (exact) mass is 460 g/mol. The summed E-state index contributed by atoms with van der Waals surface area (Å²) in [5.41, 5.74) is 2.36. The summed E-state index contributed by atoms with van der Waals surface area (Å²) in [5.74, 6) is -5.97. The quantitative estimate of drug-likeness (QED) is 0.317. The molecular weight excluding hydrogens is 442 g/mol. The summed E-state index contributed by atoms with van der Waals surface area (Å²) >= 11 is 2.31. The van der Waals surface area contributed by atoms with Crippen molar-refractivity contribution in [2.24, 2.45) is 0 Å². The summed E-state index contributed by atoms with van der Waals surface area (Å²) in [5, 5.41) is 20.5. The third kappa shape index (κ3) is 4.24. The first-order chi connectivity index (χ1) is 14.8. The van der Waals surface area contributed by atoms with Crippen LogP contribution in [0.3, 0.4) is 0 Å². The van der Waals surface area contributed by atoms with Gasteiger partial charge in [-0.25, -0.2) is 9.97 Å². The summed E-state index contributed by atoms with van der Waals surface area (Å²) in [6.45, 7) is 2.02. The number of methoxy groups -OCH3 is 1. The van der Waals surface area contributed by atoms with Crippen LogP contribution < -0.4 is 4.74 Å². The van der Waals surface area contributed by atoms with Crippen molar-refractivity contribution in [2.45, 2.75) is 19.3 Å². The Morgan fingerprint density at radius 2 is 1.52 bits per heavy atom. The van der Waals surface area contributed by atoms with Gasteiger partial charge in [0, 0.05) is 12.2 Å². The van der Waals surface area contributed by atoms with Crippen LogP contribution in [-0.2, 0) is 6.42 Å². The molecule has 4 rings (SSSR count). The SMILES string of the molecule is CCc1ccc2nc(/C=C(/O)C(F)(F)/C(O)=C/c3nc4ccc(OC)cc4s3)sc2c1. The molecule has 0 amide bonds. The van der Waals surface area contributed by atoms with Crippen molar-refractivity contribution in [3.63, 3.8) is 0 Å². The molecule has 0 saturated heterocycles. The number of nitrogens with zero attached hydrogens (tertiary/aromatic N) is 2. The van der Waals surface area contributed by atoms with Crippen LogP contribution >= 0.6 is 22.7 Å². The molecule has 160 valence electrons. The minimum Gasteiger partial charge on any atom is -0.506 e. The molecular formula is C22H18F2N2O3S2. The van der Waals surface area contributed by atoms with Gasteiger partial charge in [-0.15, -0.1) is 22.7 Å². The molecule has 31 heavy (non-hydrogen) atoms. The van der Waals surface area contributed by atoms with Gasteiger partial charge >= 0.3 is 5.92 Å². The lowest BCUT2D eigenvalue weighted by Gasteiger charge is -2.14. The zero-order chi connectivity index (χ0) is 22.2. The maximum absolute atomic E-state index is 14.6. The highest BCUT2D eigenvalue weighted by Crippen LogP contribution is 2.35. The first kappa shape index (κ1) is 21.2. The average Bonchev–Trinajstić information content (AvgIpc) is 3.34. The molecule has 0 unspecified atom stereocenters. The number of thiazole rings is 2. The van der Waals surface area contributed by atoms with Crippen LogP contribution in [0.25, 0.3) is 32.6 Å². The third-order valence-corrected chi connectivity index (χ3v) is 6.58. The first-order valence-corrected chi connectivity index (χ1v) is 11.0. The van der Waals surface area contributed by atoms with Gasteiger partial charge in [-0.3, -0.25) is 0 Å². The van der Waals surface area contributed by atoms with Crippen molar-refractivity contribution in [2.75, 3.05) is 7.11 Å². The predicted octanol–water partition coefficient (Wildman–Crippen LogP) is 6.61. The van der Waals surface area contributed by atoms with Gasteiger partial charge in [0.05, 0.1) is 27.5 Å². The third-order valence-electron chi connectivity index (χ3n) is 4.65. The largest absolute Gasteiger partial charge is 0.506 e. The summed E-state index contributed by atoms with van der Waals surface area (Å²) in [7, 11) is 1.53. The summed E-state index contributed by atoms with van der Waals surface area (Å²) in [6.07, 6.45) is 2.58. The summed E-state index contributed by atoms with van der Waals surface area (Å²) < 4.78 is 36.0. The number of aliphatic hydroxyl groups excluding tert-OH is 2. The van der Waals surface area contributed by atoms with Gasteiger partial charge < -0.3 is 14.9 Å². The first-order valence-electron chi connectivity index (χ1n) is 9.34. The second-order valence-electron chi connectivity index (χ2n) is 6.73.